The molecule has 0 aromatic carbocycles. The summed E-state index contributed by atoms with van der Waals surface area (Å²) in [5.41, 5.74) is 0. The molecule has 2 atom stereocenters. The van der Waals surface area contributed by atoms with Gasteiger partial charge in [-0.05, 0) is 6.92 Å². The average Bonchev–Trinajstić information content (AvgIpc) is 2.27. The van der Waals surface area contributed by atoms with Crippen molar-refractivity contribution >= 4 is 11.9 Å². The number of hydrogen-bond acceptors (Lipinski definition) is 4. The molecule has 15 heavy (non-hydrogen) atoms. The molecule has 1 rings (SSSR count). The van der Waals surface area contributed by atoms with Gasteiger partial charge in [0.1, 0.15) is 6.04 Å². The summed E-state index contributed by atoms with van der Waals surface area (Å²) in [5.74, 6) is -1.13. The maximum Gasteiger partial charge on any atom is 0.323 e. The van der Waals surface area contributed by atoms with E-state index in [1.54, 1.807) is 11.8 Å². The maximum atomic E-state index is 11.4. The molecular formula is C9H16N2O4. The SMILES string of the molecule is CNC(=O)C(C)N1CCOCC1C(=O)O. The number of hydrogen-bond donors (Lipinski definition) is 2. The number of carboxylic acid groups (broad SMARTS) is 1. The first-order valence-electron chi connectivity index (χ1n) is 4.85. The second kappa shape index (κ2) is 5.09. The zero-order valence-electron chi connectivity index (χ0n) is 8.90. The van der Waals surface area contributed by atoms with Gasteiger partial charge in [0, 0.05) is 13.6 Å². The van der Waals surface area contributed by atoms with Gasteiger partial charge >= 0.3 is 5.97 Å². The van der Waals surface area contributed by atoms with Crippen molar-refractivity contribution in [3.8, 4) is 0 Å². The summed E-state index contributed by atoms with van der Waals surface area (Å²) in [7, 11) is 1.54. The zero-order chi connectivity index (χ0) is 11.4. The van der Waals surface area contributed by atoms with Crippen LogP contribution in [-0.2, 0) is 14.3 Å². The summed E-state index contributed by atoms with van der Waals surface area (Å²) >= 11 is 0. The van der Waals surface area contributed by atoms with Crippen LogP contribution in [-0.4, -0.2) is 60.8 Å². The van der Waals surface area contributed by atoms with E-state index in [2.05, 4.69) is 5.32 Å². The Morgan fingerprint density at radius 3 is 2.80 bits per heavy atom. The van der Waals surface area contributed by atoms with Crippen molar-refractivity contribution in [3.05, 3.63) is 0 Å². The molecule has 0 spiro atoms. The van der Waals surface area contributed by atoms with Crippen LogP contribution in [0.15, 0.2) is 0 Å². The molecule has 1 fully saturated rings. The van der Waals surface area contributed by atoms with Gasteiger partial charge in [-0.25, -0.2) is 0 Å². The minimum absolute atomic E-state index is 0.136. The van der Waals surface area contributed by atoms with Crippen LogP contribution in [0.4, 0.5) is 0 Å². The lowest BCUT2D eigenvalue weighted by atomic mass is 10.1. The topological polar surface area (TPSA) is 78.9 Å². The Kier molecular flexibility index (Phi) is 4.05. The van der Waals surface area contributed by atoms with Crippen molar-refractivity contribution < 1.29 is 19.4 Å². The van der Waals surface area contributed by atoms with Crippen LogP contribution in [0.5, 0.6) is 0 Å². The molecule has 0 radical (unpaired) electrons. The highest BCUT2D eigenvalue weighted by Crippen LogP contribution is 2.11. The third-order valence-electron chi connectivity index (χ3n) is 2.58. The van der Waals surface area contributed by atoms with Crippen molar-refractivity contribution in [2.75, 3.05) is 26.8 Å². The van der Waals surface area contributed by atoms with Crippen molar-refractivity contribution in [3.63, 3.8) is 0 Å². The molecule has 86 valence electrons. The van der Waals surface area contributed by atoms with Gasteiger partial charge in [-0.2, -0.15) is 0 Å². The largest absolute Gasteiger partial charge is 0.480 e. The number of ether oxygens (including phenoxy) is 1. The lowest BCUT2D eigenvalue weighted by molar-refractivity contribution is -0.153. The molecule has 2 N–H and O–H groups in total. The molecule has 1 saturated heterocycles. The van der Waals surface area contributed by atoms with E-state index < -0.39 is 18.1 Å². The summed E-state index contributed by atoms with van der Waals surface area (Å²) in [4.78, 5) is 24.0. The van der Waals surface area contributed by atoms with Crippen LogP contribution in [0, 0.1) is 0 Å². The normalized spacial score (nSPS) is 24.5. The van der Waals surface area contributed by atoms with Crippen molar-refractivity contribution in [1.82, 2.24) is 10.2 Å². The van der Waals surface area contributed by atoms with E-state index >= 15 is 0 Å². The van der Waals surface area contributed by atoms with E-state index in [0.717, 1.165) is 0 Å². The van der Waals surface area contributed by atoms with Crippen LogP contribution >= 0.6 is 0 Å². The molecule has 0 saturated carbocycles. The fourth-order valence-electron chi connectivity index (χ4n) is 1.65. The molecule has 0 bridgehead atoms. The number of morpholine rings is 1. The third-order valence-corrected chi connectivity index (χ3v) is 2.58. The highest BCUT2D eigenvalue weighted by atomic mass is 16.5. The molecule has 6 heteroatoms. The molecule has 6 nitrogen and oxygen atoms in total. The Morgan fingerprint density at radius 1 is 1.60 bits per heavy atom. The lowest BCUT2D eigenvalue weighted by Gasteiger charge is -2.36. The Hall–Kier alpha value is -1.14. The van der Waals surface area contributed by atoms with Gasteiger partial charge < -0.3 is 15.2 Å². The summed E-state index contributed by atoms with van der Waals surface area (Å²) in [6, 6.07) is -1.17. The number of rotatable bonds is 3. The number of likely N-dealkylation sites (N-methyl/N-ethyl adjacent to an activating group) is 1. The molecular weight excluding hydrogens is 200 g/mol. The Morgan fingerprint density at radius 2 is 2.27 bits per heavy atom. The minimum Gasteiger partial charge on any atom is -0.480 e. The predicted molar refractivity (Wildman–Crippen MR) is 52.5 cm³/mol. The van der Waals surface area contributed by atoms with Crippen molar-refractivity contribution in [2.24, 2.45) is 0 Å². The molecule has 0 aromatic rings. The summed E-state index contributed by atoms with van der Waals surface area (Å²) in [5, 5.41) is 11.5. The number of nitrogens with zero attached hydrogens (tertiary/aromatic N) is 1. The number of carbonyl (C=O) groups is 2. The average molecular weight is 216 g/mol. The maximum absolute atomic E-state index is 11.4. The van der Waals surface area contributed by atoms with Gasteiger partial charge in [0.05, 0.1) is 19.3 Å². The first kappa shape index (κ1) is 11.9. The van der Waals surface area contributed by atoms with Gasteiger partial charge in [-0.1, -0.05) is 0 Å². The highest BCUT2D eigenvalue weighted by Gasteiger charge is 2.34. The number of aliphatic carboxylic acids is 1. The Labute approximate surface area is 88.2 Å². The standard InChI is InChI=1S/C9H16N2O4/c1-6(8(12)10-2)11-3-4-15-5-7(11)9(13)14/h6-7H,3-5H2,1-2H3,(H,10,12)(H,13,14). The number of carbonyl (C=O) groups excluding carboxylic acids is 1. The minimum atomic E-state index is -0.953. The van der Waals surface area contributed by atoms with E-state index in [1.807, 2.05) is 0 Å². The molecule has 0 aromatic heterocycles. The zero-order valence-corrected chi connectivity index (χ0v) is 8.90. The van der Waals surface area contributed by atoms with Crippen LogP contribution < -0.4 is 5.32 Å². The molecule has 0 aliphatic carbocycles. The summed E-state index contributed by atoms with van der Waals surface area (Å²) in [6.07, 6.45) is 0. The molecule has 2 unspecified atom stereocenters. The van der Waals surface area contributed by atoms with E-state index in [1.165, 1.54) is 7.05 Å². The first-order chi connectivity index (χ1) is 7.07. The van der Waals surface area contributed by atoms with Gasteiger partial charge in [0.25, 0.3) is 0 Å². The molecule has 1 aliphatic rings. The number of nitrogens with one attached hydrogen (secondary N) is 1. The molecule has 1 heterocycles. The highest BCUT2D eigenvalue weighted by molar-refractivity contribution is 5.82. The van der Waals surface area contributed by atoms with E-state index in [9.17, 15) is 9.59 Å². The van der Waals surface area contributed by atoms with Gasteiger partial charge in [0.15, 0.2) is 0 Å². The number of amides is 1. The van der Waals surface area contributed by atoms with Crippen LogP contribution in [0.3, 0.4) is 0 Å². The van der Waals surface area contributed by atoms with E-state index in [-0.39, 0.29) is 12.5 Å². The molecule has 1 aliphatic heterocycles. The van der Waals surface area contributed by atoms with Crippen molar-refractivity contribution in [1.29, 1.82) is 0 Å². The van der Waals surface area contributed by atoms with Crippen LogP contribution in [0.2, 0.25) is 0 Å². The molecule has 1 amide bonds. The van der Waals surface area contributed by atoms with Crippen molar-refractivity contribution in [2.45, 2.75) is 19.0 Å². The number of carboxylic acids is 1. The summed E-state index contributed by atoms with van der Waals surface area (Å²) < 4.78 is 5.08. The monoisotopic (exact) mass is 216 g/mol. The smallest absolute Gasteiger partial charge is 0.323 e. The second-order valence-corrected chi connectivity index (χ2v) is 3.46. The van der Waals surface area contributed by atoms with E-state index in [0.29, 0.717) is 13.2 Å². The summed E-state index contributed by atoms with van der Waals surface area (Å²) in [6.45, 7) is 2.76. The fraction of sp³-hybridized carbons (Fsp3) is 0.778. The fourth-order valence-corrected chi connectivity index (χ4v) is 1.65. The predicted octanol–water partition coefficient (Wildman–Crippen LogP) is -1.09. The van der Waals surface area contributed by atoms with Crippen LogP contribution in [0.25, 0.3) is 0 Å². The van der Waals surface area contributed by atoms with Gasteiger partial charge in [-0.15, -0.1) is 0 Å². The third kappa shape index (κ3) is 2.66. The van der Waals surface area contributed by atoms with E-state index in [4.69, 9.17) is 9.84 Å². The second-order valence-electron chi connectivity index (χ2n) is 3.46. The quantitative estimate of drug-likeness (QED) is 0.626. The Bertz CT molecular complexity index is 256. The first-order valence-corrected chi connectivity index (χ1v) is 4.85. The lowest BCUT2D eigenvalue weighted by Crippen LogP contribution is -2.57. The Balaban J connectivity index is 2.71. The van der Waals surface area contributed by atoms with Gasteiger partial charge in [0.2, 0.25) is 5.91 Å². The van der Waals surface area contributed by atoms with Crippen LogP contribution in [0.1, 0.15) is 6.92 Å². The van der Waals surface area contributed by atoms with Gasteiger partial charge in [-0.3, -0.25) is 14.5 Å².